The number of hydrogen-bond acceptors (Lipinski definition) is 7. The summed E-state index contributed by atoms with van der Waals surface area (Å²) in [4.78, 5) is 13.9. The van der Waals surface area contributed by atoms with Crippen LogP contribution in [0.5, 0.6) is 0 Å². The standard InChI is InChI=1S/C10H11N5O3/c11-6-8-5-9(15(16)17)7-12-10(8)13-14-1-3-18-4-2-14/h5,7H,1-4H2,(H,12,13). The summed E-state index contributed by atoms with van der Waals surface area (Å²) in [6.07, 6.45) is 1.13. The maximum atomic E-state index is 10.6. The fourth-order valence-electron chi connectivity index (χ4n) is 1.55. The van der Waals surface area contributed by atoms with Crippen LogP contribution in [0.4, 0.5) is 11.5 Å². The van der Waals surface area contributed by atoms with Gasteiger partial charge in [-0.15, -0.1) is 0 Å². The van der Waals surface area contributed by atoms with Crippen LogP contribution in [0.25, 0.3) is 0 Å². The van der Waals surface area contributed by atoms with Crippen molar-refractivity contribution < 1.29 is 9.66 Å². The molecular formula is C10H11N5O3. The van der Waals surface area contributed by atoms with Crippen molar-refractivity contribution in [3.05, 3.63) is 27.9 Å². The minimum atomic E-state index is -0.577. The summed E-state index contributed by atoms with van der Waals surface area (Å²) < 4.78 is 5.19. The normalized spacial score (nSPS) is 15.9. The summed E-state index contributed by atoms with van der Waals surface area (Å²) in [5.74, 6) is 0.324. The Kier molecular flexibility index (Phi) is 3.66. The van der Waals surface area contributed by atoms with Crippen molar-refractivity contribution in [1.29, 1.82) is 5.26 Å². The monoisotopic (exact) mass is 249 g/mol. The van der Waals surface area contributed by atoms with Gasteiger partial charge >= 0.3 is 0 Å². The number of nitrogens with zero attached hydrogens (tertiary/aromatic N) is 4. The van der Waals surface area contributed by atoms with Gasteiger partial charge in [0.25, 0.3) is 5.69 Å². The molecule has 0 amide bonds. The van der Waals surface area contributed by atoms with Crippen LogP contribution in [0.3, 0.4) is 0 Å². The third-order valence-corrected chi connectivity index (χ3v) is 2.48. The summed E-state index contributed by atoms with van der Waals surface area (Å²) in [6.45, 7) is 2.54. The highest BCUT2D eigenvalue weighted by molar-refractivity contribution is 5.55. The fraction of sp³-hybridized carbons (Fsp3) is 0.400. The zero-order valence-electron chi connectivity index (χ0n) is 9.50. The molecule has 0 aliphatic carbocycles. The molecule has 1 N–H and O–H groups in total. The molecule has 1 aliphatic heterocycles. The van der Waals surface area contributed by atoms with Crippen molar-refractivity contribution in [3.63, 3.8) is 0 Å². The number of nitriles is 1. The lowest BCUT2D eigenvalue weighted by Gasteiger charge is -2.27. The summed E-state index contributed by atoms with van der Waals surface area (Å²) in [5, 5.41) is 21.4. The van der Waals surface area contributed by atoms with Crippen LogP contribution < -0.4 is 5.43 Å². The summed E-state index contributed by atoms with van der Waals surface area (Å²) in [5.41, 5.74) is 2.92. The van der Waals surface area contributed by atoms with E-state index < -0.39 is 4.92 Å². The number of hydrogen-bond donors (Lipinski definition) is 1. The van der Waals surface area contributed by atoms with Crippen molar-refractivity contribution >= 4 is 11.5 Å². The number of rotatable bonds is 3. The van der Waals surface area contributed by atoms with Crippen molar-refractivity contribution in [2.24, 2.45) is 0 Å². The van der Waals surface area contributed by atoms with Gasteiger partial charge in [0.2, 0.25) is 0 Å². The number of pyridine rings is 1. The zero-order chi connectivity index (χ0) is 13.0. The molecule has 1 aromatic rings. The lowest BCUT2D eigenvalue weighted by Crippen LogP contribution is -2.40. The molecule has 8 nitrogen and oxygen atoms in total. The van der Waals surface area contributed by atoms with Crippen LogP contribution in [0.1, 0.15) is 5.56 Å². The molecule has 2 heterocycles. The highest BCUT2D eigenvalue weighted by atomic mass is 16.6. The largest absolute Gasteiger partial charge is 0.379 e. The third-order valence-electron chi connectivity index (χ3n) is 2.48. The van der Waals surface area contributed by atoms with E-state index in [9.17, 15) is 10.1 Å². The lowest BCUT2D eigenvalue weighted by atomic mass is 10.2. The van der Waals surface area contributed by atoms with Gasteiger partial charge in [-0.1, -0.05) is 0 Å². The SMILES string of the molecule is N#Cc1cc([N+](=O)[O-])cnc1NN1CCOCC1. The zero-order valence-corrected chi connectivity index (χ0v) is 9.50. The van der Waals surface area contributed by atoms with Gasteiger partial charge in [-0.25, -0.2) is 9.99 Å². The average Bonchev–Trinajstić information content (AvgIpc) is 2.40. The Labute approximate surface area is 103 Å². The number of nitro groups is 1. The Morgan fingerprint density at radius 3 is 2.89 bits per heavy atom. The van der Waals surface area contributed by atoms with Crippen molar-refractivity contribution in [2.45, 2.75) is 0 Å². The Morgan fingerprint density at radius 2 is 2.28 bits per heavy atom. The maximum Gasteiger partial charge on any atom is 0.289 e. The van der Waals surface area contributed by atoms with Crippen LogP contribution >= 0.6 is 0 Å². The molecular weight excluding hydrogens is 238 g/mol. The van der Waals surface area contributed by atoms with E-state index in [0.29, 0.717) is 32.1 Å². The second-order valence-corrected chi connectivity index (χ2v) is 3.67. The minimum Gasteiger partial charge on any atom is -0.379 e. The predicted molar refractivity (Wildman–Crippen MR) is 61.6 cm³/mol. The van der Waals surface area contributed by atoms with Gasteiger partial charge in [0.15, 0.2) is 5.82 Å². The van der Waals surface area contributed by atoms with E-state index in [4.69, 9.17) is 10.00 Å². The number of anilines is 1. The average molecular weight is 249 g/mol. The van der Waals surface area contributed by atoms with Gasteiger partial charge in [-0.05, 0) is 0 Å². The van der Waals surface area contributed by atoms with E-state index in [0.717, 1.165) is 6.20 Å². The van der Waals surface area contributed by atoms with Crippen LogP contribution in [-0.4, -0.2) is 41.2 Å². The lowest BCUT2D eigenvalue weighted by molar-refractivity contribution is -0.385. The Hall–Kier alpha value is -2.24. The predicted octanol–water partition coefficient (Wildman–Crippen LogP) is 0.521. The molecule has 0 aromatic carbocycles. The first kappa shape index (κ1) is 12.2. The molecule has 1 saturated heterocycles. The van der Waals surface area contributed by atoms with E-state index in [1.807, 2.05) is 11.1 Å². The van der Waals surface area contributed by atoms with Gasteiger partial charge in [0.05, 0.1) is 18.1 Å². The van der Waals surface area contributed by atoms with Crippen LogP contribution in [0, 0.1) is 21.4 Å². The Balaban J connectivity index is 2.17. The van der Waals surface area contributed by atoms with E-state index in [-0.39, 0.29) is 11.3 Å². The number of nitrogens with one attached hydrogen (secondary N) is 1. The first-order valence-corrected chi connectivity index (χ1v) is 5.34. The highest BCUT2D eigenvalue weighted by Crippen LogP contribution is 2.18. The van der Waals surface area contributed by atoms with E-state index >= 15 is 0 Å². The quantitative estimate of drug-likeness (QED) is 0.615. The highest BCUT2D eigenvalue weighted by Gasteiger charge is 2.15. The molecule has 1 fully saturated rings. The van der Waals surface area contributed by atoms with Gasteiger partial charge in [0, 0.05) is 19.2 Å². The molecule has 18 heavy (non-hydrogen) atoms. The van der Waals surface area contributed by atoms with Crippen LogP contribution in [0.2, 0.25) is 0 Å². The summed E-state index contributed by atoms with van der Waals surface area (Å²) >= 11 is 0. The van der Waals surface area contributed by atoms with Crippen molar-refractivity contribution in [2.75, 3.05) is 31.7 Å². The maximum absolute atomic E-state index is 10.6. The molecule has 2 rings (SSSR count). The van der Waals surface area contributed by atoms with E-state index in [1.54, 1.807) is 0 Å². The molecule has 0 spiro atoms. The smallest absolute Gasteiger partial charge is 0.289 e. The second kappa shape index (κ2) is 5.39. The van der Waals surface area contributed by atoms with E-state index in [2.05, 4.69) is 10.4 Å². The number of aromatic nitrogens is 1. The summed E-state index contributed by atoms with van der Waals surface area (Å²) in [7, 11) is 0. The van der Waals surface area contributed by atoms with Gasteiger partial charge in [-0.3, -0.25) is 10.1 Å². The summed E-state index contributed by atoms with van der Waals surface area (Å²) in [6, 6.07) is 3.10. The van der Waals surface area contributed by atoms with Crippen molar-refractivity contribution in [1.82, 2.24) is 9.99 Å². The Bertz CT molecular complexity index is 493. The minimum absolute atomic E-state index is 0.149. The molecule has 1 aliphatic rings. The number of ether oxygens (including phenoxy) is 1. The Morgan fingerprint density at radius 1 is 1.56 bits per heavy atom. The van der Waals surface area contributed by atoms with Crippen molar-refractivity contribution in [3.8, 4) is 6.07 Å². The van der Waals surface area contributed by atoms with Gasteiger partial charge < -0.3 is 10.2 Å². The number of hydrazine groups is 1. The molecule has 0 radical (unpaired) electrons. The third kappa shape index (κ3) is 2.71. The first-order chi connectivity index (χ1) is 8.70. The fourth-order valence-corrected chi connectivity index (χ4v) is 1.55. The molecule has 8 heteroatoms. The van der Waals surface area contributed by atoms with Gasteiger partial charge in [0.1, 0.15) is 17.8 Å². The van der Waals surface area contributed by atoms with Crippen LogP contribution in [-0.2, 0) is 4.74 Å². The van der Waals surface area contributed by atoms with Crippen LogP contribution in [0.15, 0.2) is 12.3 Å². The van der Waals surface area contributed by atoms with E-state index in [1.165, 1.54) is 6.07 Å². The molecule has 0 atom stereocenters. The first-order valence-electron chi connectivity index (χ1n) is 5.34. The molecule has 0 bridgehead atoms. The number of morpholine rings is 1. The second-order valence-electron chi connectivity index (χ2n) is 3.67. The molecule has 0 saturated carbocycles. The molecule has 94 valence electrons. The molecule has 0 unspecified atom stereocenters. The topological polar surface area (TPSA) is 104 Å². The van der Waals surface area contributed by atoms with Gasteiger partial charge in [-0.2, -0.15) is 5.26 Å². The molecule has 1 aromatic heterocycles.